The maximum Gasteiger partial charge on any atom is 0.187 e. The van der Waals surface area contributed by atoms with E-state index in [2.05, 4.69) is 54.6 Å². The Balaban J connectivity index is 2.81. The van der Waals surface area contributed by atoms with E-state index in [9.17, 15) is 9.18 Å². The van der Waals surface area contributed by atoms with Crippen molar-refractivity contribution in [3.63, 3.8) is 0 Å². The Morgan fingerprint density at radius 2 is 1.60 bits per heavy atom. The molecule has 1 aromatic carbocycles. The van der Waals surface area contributed by atoms with E-state index in [1.165, 1.54) is 24.5 Å². The second-order valence-electron chi connectivity index (χ2n) is 11.0. The molecule has 1 aromatic heterocycles. The molecule has 0 aliphatic carbocycles. The summed E-state index contributed by atoms with van der Waals surface area (Å²) in [6.07, 6.45) is 7.23. The van der Waals surface area contributed by atoms with Gasteiger partial charge in [0.1, 0.15) is 5.82 Å². The normalized spacial score (nSPS) is 12.1. The van der Waals surface area contributed by atoms with Crippen LogP contribution in [0.4, 0.5) is 4.39 Å². The smallest absolute Gasteiger partial charge is 0.187 e. The van der Waals surface area contributed by atoms with Gasteiger partial charge in [0.25, 0.3) is 0 Å². The van der Waals surface area contributed by atoms with E-state index in [0.29, 0.717) is 12.9 Å². The first-order chi connectivity index (χ1) is 16.6. The standard InChI is InChI=1S/C30H46FNO2Si/c1-9-11-13-14-25-28(23-15-16-27(31)24(18-23)19-33)26(20-34-35(7,8)17-12-10-2)30(22(5)6)32-29(25)21(3)4/h15-16,18-19,21-22H,9-14,17,20H2,1-8H3. The SMILES string of the molecule is CCCCCc1c(C(C)C)nc(C(C)C)c(CO[Si](C)(C)CCCC)c1-c1ccc(F)c(C=O)c1. The molecule has 0 amide bonds. The molecular weight excluding hydrogens is 453 g/mol. The van der Waals surface area contributed by atoms with Crippen LogP contribution in [0.2, 0.25) is 19.1 Å². The second-order valence-corrected chi connectivity index (χ2v) is 15.3. The summed E-state index contributed by atoms with van der Waals surface area (Å²) < 4.78 is 21.0. The number of aromatic nitrogens is 1. The number of hydrogen-bond acceptors (Lipinski definition) is 3. The van der Waals surface area contributed by atoms with Gasteiger partial charge in [-0.15, -0.1) is 0 Å². The minimum atomic E-state index is -1.84. The highest BCUT2D eigenvalue weighted by molar-refractivity contribution is 6.71. The monoisotopic (exact) mass is 499 g/mol. The Bertz CT molecular complexity index is 985. The van der Waals surface area contributed by atoms with Crippen LogP contribution in [0.5, 0.6) is 0 Å². The molecule has 1 heterocycles. The van der Waals surface area contributed by atoms with Crippen molar-refractivity contribution < 1.29 is 13.6 Å². The van der Waals surface area contributed by atoms with E-state index in [1.54, 1.807) is 6.07 Å². The molecule has 0 N–H and O–H groups in total. The Morgan fingerprint density at radius 1 is 0.971 bits per heavy atom. The zero-order chi connectivity index (χ0) is 26.2. The van der Waals surface area contributed by atoms with E-state index in [1.807, 2.05) is 6.07 Å². The van der Waals surface area contributed by atoms with Crippen LogP contribution < -0.4 is 0 Å². The third-order valence-corrected chi connectivity index (χ3v) is 9.22. The van der Waals surface area contributed by atoms with Crippen molar-refractivity contribution in [3.8, 4) is 11.1 Å². The van der Waals surface area contributed by atoms with Gasteiger partial charge in [-0.2, -0.15) is 0 Å². The number of nitrogens with zero attached hydrogens (tertiary/aromatic N) is 1. The van der Waals surface area contributed by atoms with E-state index in [-0.39, 0.29) is 17.4 Å². The van der Waals surface area contributed by atoms with Crippen molar-refractivity contribution in [1.82, 2.24) is 4.98 Å². The van der Waals surface area contributed by atoms with Crippen molar-refractivity contribution >= 4 is 14.6 Å². The van der Waals surface area contributed by atoms with Crippen molar-refractivity contribution in [1.29, 1.82) is 0 Å². The lowest BCUT2D eigenvalue weighted by atomic mass is 9.85. The molecule has 5 heteroatoms. The molecule has 0 saturated carbocycles. The highest BCUT2D eigenvalue weighted by Gasteiger charge is 2.27. The minimum absolute atomic E-state index is 0.0977. The zero-order valence-corrected chi connectivity index (χ0v) is 24.3. The van der Waals surface area contributed by atoms with Gasteiger partial charge in [0.2, 0.25) is 0 Å². The molecule has 0 aliphatic rings. The fraction of sp³-hybridized carbons (Fsp3) is 0.600. The molecule has 2 rings (SSSR count). The number of pyridine rings is 1. The first-order valence-electron chi connectivity index (χ1n) is 13.5. The average molecular weight is 500 g/mol. The maximum atomic E-state index is 14.3. The number of rotatable bonds is 14. The van der Waals surface area contributed by atoms with Gasteiger partial charge in [0.15, 0.2) is 14.6 Å². The molecule has 0 spiro atoms. The third-order valence-electron chi connectivity index (χ3n) is 6.74. The molecule has 0 bridgehead atoms. The lowest BCUT2D eigenvalue weighted by Gasteiger charge is -2.28. The quantitative estimate of drug-likeness (QED) is 0.148. The molecule has 0 fully saturated rings. The average Bonchev–Trinajstić information content (AvgIpc) is 2.81. The van der Waals surface area contributed by atoms with Gasteiger partial charge < -0.3 is 4.43 Å². The van der Waals surface area contributed by atoms with Gasteiger partial charge in [-0.05, 0) is 72.6 Å². The summed E-state index contributed by atoms with van der Waals surface area (Å²) in [6.45, 7) is 18.3. The van der Waals surface area contributed by atoms with Crippen molar-refractivity contribution in [2.45, 2.75) is 118 Å². The summed E-state index contributed by atoms with van der Waals surface area (Å²) in [5.41, 5.74) is 6.60. The van der Waals surface area contributed by atoms with Gasteiger partial charge in [0, 0.05) is 17.0 Å². The molecule has 35 heavy (non-hydrogen) atoms. The topological polar surface area (TPSA) is 39.2 Å². The van der Waals surface area contributed by atoms with Crippen LogP contribution in [-0.4, -0.2) is 19.6 Å². The van der Waals surface area contributed by atoms with Crippen molar-refractivity contribution in [3.05, 3.63) is 52.1 Å². The molecule has 2 aromatic rings. The van der Waals surface area contributed by atoms with Gasteiger partial charge in [-0.1, -0.05) is 73.3 Å². The molecule has 0 saturated heterocycles. The lowest BCUT2D eigenvalue weighted by Crippen LogP contribution is -2.30. The number of aldehydes is 1. The predicted molar refractivity (Wildman–Crippen MR) is 148 cm³/mol. The van der Waals surface area contributed by atoms with Crippen LogP contribution in [0.3, 0.4) is 0 Å². The molecule has 0 radical (unpaired) electrons. The molecular formula is C30H46FNO2Si. The van der Waals surface area contributed by atoms with Gasteiger partial charge >= 0.3 is 0 Å². The number of benzene rings is 1. The van der Waals surface area contributed by atoms with E-state index >= 15 is 0 Å². The fourth-order valence-corrected chi connectivity index (χ4v) is 6.57. The van der Waals surface area contributed by atoms with E-state index in [4.69, 9.17) is 9.41 Å². The summed E-state index contributed by atoms with van der Waals surface area (Å²) in [5, 5.41) is 0. The minimum Gasteiger partial charge on any atom is -0.413 e. The zero-order valence-electron chi connectivity index (χ0n) is 23.3. The first-order valence-corrected chi connectivity index (χ1v) is 16.6. The van der Waals surface area contributed by atoms with Gasteiger partial charge in [0.05, 0.1) is 12.2 Å². The largest absolute Gasteiger partial charge is 0.413 e. The van der Waals surface area contributed by atoms with Crippen LogP contribution in [0, 0.1) is 5.82 Å². The van der Waals surface area contributed by atoms with E-state index < -0.39 is 14.1 Å². The van der Waals surface area contributed by atoms with Crippen LogP contribution >= 0.6 is 0 Å². The highest BCUT2D eigenvalue weighted by Crippen LogP contribution is 2.39. The predicted octanol–water partition coefficient (Wildman–Crippen LogP) is 9.20. The molecule has 0 aliphatic heterocycles. The number of halogens is 1. The Hall–Kier alpha value is -1.85. The van der Waals surface area contributed by atoms with Crippen LogP contribution in [0.1, 0.15) is 118 Å². The number of carbonyl (C=O) groups is 1. The maximum absolute atomic E-state index is 14.3. The Labute approximate surface area is 214 Å². The molecule has 0 unspecified atom stereocenters. The molecule has 3 nitrogen and oxygen atoms in total. The summed E-state index contributed by atoms with van der Waals surface area (Å²) in [6, 6.07) is 6.07. The number of unbranched alkanes of at least 4 members (excludes halogenated alkanes) is 3. The van der Waals surface area contributed by atoms with E-state index in [0.717, 1.165) is 59.8 Å². The Morgan fingerprint density at radius 3 is 2.17 bits per heavy atom. The summed E-state index contributed by atoms with van der Waals surface area (Å²) in [7, 11) is -1.84. The summed E-state index contributed by atoms with van der Waals surface area (Å²) in [5.74, 6) is 0.00423. The Kier molecular flexibility index (Phi) is 11.3. The second kappa shape index (κ2) is 13.5. The number of carbonyl (C=O) groups excluding carboxylic acids is 1. The molecule has 0 atom stereocenters. The first kappa shape index (κ1) is 29.4. The van der Waals surface area contributed by atoms with Crippen molar-refractivity contribution in [2.75, 3.05) is 0 Å². The van der Waals surface area contributed by atoms with Crippen LogP contribution in [-0.2, 0) is 17.5 Å². The summed E-state index contributed by atoms with van der Waals surface area (Å²) >= 11 is 0. The number of hydrogen-bond donors (Lipinski definition) is 0. The fourth-order valence-electron chi connectivity index (χ4n) is 4.69. The van der Waals surface area contributed by atoms with Crippen molar-refractivity contribution in [2.24, 2.45) is 0 Å². The van der Waals surface area contributed by atoms with Crippen LogP contribution in [0.15, 0.2) is 18.2 Å². The van der Waals surface area contributed by atoms with Crippen LogP contribution in [0.25, 0.3) is 11.1 Å². The van der Waals surface area contributed by atoms with Gasteiger partial charge in [-0.3, -0.25) is 9.78 Å². The summed E-state index contributed by atoms with van der Waals surface area (Å²) in [4.78, 5) is 16.9. The molecule has 194 valence electrons. The van der Waals surface area contributed by atoms with Gasteiger partial charge in [-0.25, -0.2) is 4.39 Å². The third kappa shape index (κ3) is 7.81. The lowest BCUT2D eigenvalue weighted by molar-refractivity contribution is 0.112. The highest BCUT2D eigenvalue weighted by atomic mass is 28.4.